The van der Waals surface area contributed by atoms with Crippen LogP contribution in [-0.2, 0) is 16.6 Å². The number of nitrogens with two attached hydrogens (primary N) is 1. The fourth-order valence-electron chi connectivity index (χ4n) is 2.28. The van der Waals surface area contributed by atoms with Crippen LogP contribution in [0.15, 0.2) is 53.6 Å². The summed E-state index contributed by atoms with van der Waals surface area (Å²) in [6.45, 7) is 0.363. The summed E-state index contributed by atoms with van der Waals surface area (Å²) in [5.41, 5.74) is 6.71. The smallest absolute Gasteiger partial charge is 0.247 e. The van der Waals surface area contributed by atoms with Gasteiger partial charge in [0.2, 0.25) is 10.0 Å². The van der Waals surface area contributed by atoms with E-state index in [1.54, 1.807) is 6.07 Å². The van der Waals surface area contributed by atoms with Crippen LogP contribution in [0.4, 0.5) is 5.82 Å². The lowest BCUT2D eigenvalue weighted by Gasteiger charge is -2.22. The largest absolute Gasteiger partial charge is 0.383 e. The van der Waals surface area contributed by atoms with E-state index in [2.05, 4.69) is 4.98 Å². The number of sulfonamides is 1. The maximum absolute atomic E-state index is 12.8. The lowest BCUT2D eigenvalue weighted by molar-refractivity contribution is 0.399. The monoisotopic (exact) mass is 303 g/mol. The summed E-state index contributed by atoms with van der Waals surface area (Å²) >= 11 is 0. The summed E-state index contributed by atoms with van der Waals surface area (Å²) in [6, 6.07) is 12.8. The van der Waals surface area contributed by atoms with Crippen LogP contribution in [0.1, 0.15) is 18.4 Å². The second-order valence-corrected chi connectivity index (χ2v) is 7.01. The Labute approximate surface area is 124 Å². The summed E-state index contributed by atoms with van der Waals surface area (Å²) in [7, 11) is -3.62. The molecule has 2 N–H and O–H groups in total. The molecule has 0 atom stereocenters. The van der Waals surface area contributed by atoms with Gasteiger partial charge in [0, 0.05) is 18.8 Å². The molecule has 1 fully saturated rings. The van der Waals surface area contributed by atoms with E-state index in [1.165, 1.54) is 16.6 Å². The van der Waals surface area contributed by atoms with Gasteiger partial charge in [-0.15, -0.1) is 0 Å². The van der Waals surface area contributed by atoms with Gasteiger partial charge in [0.05, 0.1) is 0 Å². The molecule has 0 unspecified atom stereocenters. The third kappa shape index (κ3) is 2.91. The molecule has 0 bridgehead atoms. The van der Waals surface area contributed by atoms with Crippen LogP contribution in [0.5, 0.6) is 0 Å². The number of hydrogen-bond acceptors (Lipinski definition) is 4. The first-order chi connectivity index (χ1) is 10.1. The van der Waals surface area contributed by atoms with E-state index in [4.69, 9.17) is 5.73 Å². The van der Waals surface area contributed by atoms with Gasteiger partial charge in [-0.2, -0.15) is 4.31 Å². The maximum Gasteiger partial charge on any atom is 0.247 e. The van der Waals surface area contributed by atoms with Crippen molar-refractivity contribution >= 4 is 15.8 Å². The van der Waals surface area contributed by atoms with Crippen LogP contribution in [0.25, 0.3) is 0 Å². The summed E-state index contributed by atoms with van der Waals surface area (Å²) in [4.78, 5) is 3.98. The molecular formula is C15H17N3O2S. The first kappa shape index (κ1) is 14.0. The number of rotatable bonds is 5. The van der Waals surface area contributed by atoms with Crippen molar-refractivity contribution in [3.05, 3.63) is 54.2 Å². The number of hydrogen-bond donors (Lipinski definition) is 1. The molecule has 5 nitrogen and oxygen atoms in total. The van der Waals surface area contributed by atoms with E-state index in [-0.39, 0.29) is 16.8 Å². The second-order valence-electron chi connectivity index (χ2n) is 5.15. The SMILES string of the molecule is Nc1ncccc1S(=O)(=O)N(Cc1ccccc1)C1CC1. The van der Waals surface area contributed by atoms with Gasteiger partial charge in [-0.1, -0.05) is 30.3 Å². The van der Waals surface area contributed by atoms with Crippen molar-refractivity contribution in [2.24, 2.45) is 0 Å². The molecule has 2 aromatic rings. The minimum atomic E-state index is -3.62. The third-order valence-corrected chi connectivity index (χ3v) is 5.47. The molecule has 1 heterocycles. The second kappa shape index (κ2) is 5.46. The van der Waals surface area contributed by atoms with Crippen molar-refractivity contribution in [1.82, 2.24) is 9.29 Å². The van der Waals surface area contributed by atoms with Gasteiger partial charge in [0.25, 0.3) is 0 Å². The molecule has 6 heteroatoms. The van der Waals surface area contributed by atoms with Crippen molar-refractivity contribution in [3.8, 4) is 0 Å². The molecular weight excluding hydrogens is 286 g/mol. The lowest BCUT2D eigenvalue weighted by Crippen LogP contribution is -2.33. The van der Waals surface area contributed by atoms with Crippen molar-refractivity contribution < 1.29 is 8.42 Å². The molecule has 3 rings (SSSR count). The zero-order valence-electron chi connectivity index (χ0n) is 11.5. The minimum absolute atomic E-state index is 0.0520. The van der Waals surface area contributed by atoms with Crippen LogP contribution < -0.4 is 5.73 Å². The summed E-state index contributed by atoms with van der Waals surface area (Å²) in [5, 5.41) is 0. The normalized spacial score (nSPS) is 15.3. The summed E-state index contributed by atoms with van der Waals surface area (Å²) < 4.78 is 27.2. The third-order valence-electron chi connectivity index (χ3n) is 3.52. The molecule has 0 spiro atoms. The Balaban J connectivity index is 1.96. The molecule has 0 saturated heterocycles. The number of pyridine rings is 1. The van der Waals surface area contributed by atoms with Gasteiger partial charge < -0.3 is 5.73 Å². The Morgan fingerprint density at radius 3 is 2.48 bits per heavy atom. The van der Waals surface area contributed by atoms with Crippen LogP contribution in [0.3, 0.4) is 0 Å². The first-order valence-corrected chi connectivity index (χ1v) is 8.29. The van der Waals surface area contributed by atoms with Crippen molar-refractivity contribution in [3.63, 3.8) is 0 Å². The van der Waals surface area contributed by atoms with E-state index in [0.29, 0.717) is 6.54 Å². The summed E-state index contributed by atoms with van der Waals surface area (Å²) in [6.07, 6.45) is 3.28. The van der Waals surface area contributed by atoms with Crippen molar-refractivity contribution in [2.45, 2.75) is 30.3 Å². The van der Waals surface area contributed by atoms with Gasteiger partial charge in [-0.25, -0.2) is 13.4 Å². The van der Waals surface area contributed by atoms with Crippen LogP contribution in [-0.4, -0.2) is 23.7 Å². The van der Waals surface area contributed by atoms with E-state index in [1.807, 2.05) is 30.3 Å². The number of anilines is 1. The molecule has 21 heavy (non-hydrogen) atoms. The van der Waals surface area contributed by atoms with Gasteiger partial charge in [-0.05, 0) is 30.5 Å². The lowest BCUT2D eigenvalue weighted by atomic mass is 10.2. The topological polar surface area (TPSA) is 76.3 Å². The van der Waals surface area contributed by atoms with E-state index < -0.39 is 10.0 Å². The quantitative estimate of drug-likeness (QED) is 0.916. The Kier molecular flexibility index (Phi) is 3.65. The van der Waals surface area contributed by atoms with Gasteiger partial charge in [-0.3, -0.25) is 0 Å². The minimum Gasteiger partial charge on any atom is -0.383 e. The molecule has 1 saturated carbocycles. The molecule has 1 aromatic carbocycles. The molecule has 1 aliphatic rings. The van der Waals surface area contributed by atoms with E-state index in [0.717, 1.165) is 18.4 Å². The fourth-order valence-corrected chi connectivity index (χ4v) is 4.03. The highest BCUT2D eigenvalue weighted by Gasteiger charge is 2.38. The molecule has 110 valence electrons. The zero-order chi connectivity index (χ0) is 14.9. The summed E-state index contributed by atoms with van der Waals surface area (Å²) in [5.74, 6) is 0.0520. The average molecular weight is 303 g/mol. The zero-order valence-corrected chi connectivity index (χ0v) is 12.3. The van der Waals surface area contributed by atoms with Gasteiger partial charge in [0.1, 0.15) is 10.7 Å². The molecule has 1 aliphatic carbocycles. The Morgan fingerprint density at radius 1 is 1.14 bits per heavy atom. The predicted octanol–water partition coefficient (Wildman–Crippen LogP) is 2.02. The Bertz CT molecular complexity index is 728. The van der Waals surface area contributed by atoms with E-state index >= 15 is 0 Å². The highest BCUT2D eigenvalue weighted by atomic mass is 32.2. The number of nitrogen functional groups attached to an aromatic ring is 1. The molecule has 0 amide bonds. The average Bonchev–Trinajstić information content (AvgIpc) is 3.30. The Morgan fingerprint density at radius 2 is 1.86 bits per heavy atom. The van der Waals surface area contributed by atoms with Crippen LogP contribution in [0.2, 0.25) is 0 Å². The van der Waals surface area contributed by atoms with Crippen molar-refractivity contribution in [2.75, 3.05) is 5.73 Å². The van der Waals surface area contributed by atoms with Gasteiger partial charge in [0.15, 0.2) is 0 Å². The Hall–Kier alpha value is -1.92. The molecule has 1 aromatic heterocycles. The van der Waals surface area contributed by atoms with Crippen molar-refractivity contribution in [1.29, 1.82) is 0 Å². The highest BCUT2D eigenvalue weighted by molar-refractivity contribution is 7.89. The number of benzene rings is 1. The van der Waals surface area contributed by atoms with Crippen LogP contribution in [0, 0.1) is 0 Å². The van der Waals surface area contributed by atoms with E-state index in [9.17, 15) is 8.42 Å². The molecule has 0 radical (unpaired) electrons. The predicted molar refractivity (Wildman–Crippen MR) is 80.8 cm³/mol. The standard InChI is InChI=1S/C15H17N3O2S/c16-15-14(7-4-10-17-15)21(19,20)18(13-8-9-13)11-12-5-2-1-3-6-12/h1-7,10,13H,8-9,11H2,(H2,16,17). The fraction of sp³-hybridized carbons (Fsp3) is 0.267. The molecule has 0 aliphatic heterocycles. The van der Waals surface area contributed by atoms with Crippen LogP contribution >= 0.6 is 0 Å². The highest BCUT2D eigenvalue weighted by Crippen LogP contribution is 2.34. The number of aromatic nitrogens is 1. The maximum atomic E-state index is 12.8. The number of nitrogens with zero attached hydrogens (tertiary/aromatic N) is 2. The first-order valence-electron chi connectivity index (χ1n) is 6.85. The van der Waals surface area contributed by atoms with Gasteiger partial charge >= 0.3 is 0 Å².